The Kier molecular flexibility index (Phi) is 7.24. The number of carbonyl (C=O) groups is 1. The van der Waals surface area contributed by atoms with Crippen molar-refractivity contribution >= 4 is 34.6 Å². The summed E-state index contributed by atoms with van der Waals surface area (Å²) in [5.41, 5.74) is 8.23. The standard InChI is InChI=1S/C21H26ClN3O2S/c1-25-18-9-6-5-8-16(18)21(24-13-7-3-2-4-10-20(23)26)17-12-11-15(22)14-19(17)28(25)27/h5-6,8-9,11-12,14,21,24H,2-4,7,10,13H2,1H3,(H2,23,26). The molecule has 3 rings (SSSR count). The third-order valence-electron chi connectivity index (χ3n) is 5.01. The normalized spacial score (nSPS) is 18.3. The lowest BCUT2D eigenvalue weighted by Gasteiger charge is -2.21. The van der Waals surface area contributed by atoms with E-state index in [-0.39, 0.29) is 11.9 Å². The predicted octanol–water partition coefficient (Wildman–Crippen LogP) is 3.93. The zero-order valence-corrected chi connectivity index (χ0v) is 17.6. The lowest BCUT2D eigenvalue weighted by molar-refractivity contribution is -0.118. The maximum absolute atomic E-state index is 13.1. The van der Waals surface area contributed by atoms with Crippen LogP contribution in [0.4, 0.5) is 5.69 Å². The second-order valence-corrected chi connectivity index (χ2v) is 8.93. The highest BCUT2D eigenvalue weighted by Gasteiger charge is 2.34. The SMILES string of the molecule is CN1c2ccccc2C(NCCCCCCC(N)=O)c2ccc(Cl)cc2[S+]1[O-]. The molecule has 0 aromatic heterocycles. The molecule has 2 atom stereocenters. The van der Waals surface area contributed by atoms with Gasteiger partial charge in [-0.05, 0) is 31.5 Å². The number of carbonyl (C=O) groups excluding carboxylic acids is 1. The van der Waals surface area contributed by atoms with Crippen LogP contribution in [0.3, 0.4) is 0 Å². The van der Waals surface area contributed by atoms with Crippen LogP contribution < -0.4 is 15.4 Å². The summed E-state index contributed by atoms with van der Waals surface area (Å²) in [4.78, 5) is 11.6. The van der Waals surface area contributed by atoms with Crippen molar-refractivity contribution in [1.82, 2.24) is 5.32 Å². The third-order valence-corrected chi connectivity index (χ3v) is 6.67. The minimum absolute atomic E-state index is 0.0528. The molecule has 2 aromatic rings. The first-order valence-corrected chi connectivity index (χ1v) is 11.0. The number of benzene rings is 2. The van der Waals surface area contributed by atoms with Crippen molar-refractivity contribution in [3.63, 3.8) is 0 Å². The molecule has 2 aromatic carbocycles. The van der Waals surface area contributed by atoms with E-state index >= 15 is 0 Å². The van der Waals surface area contributed by atoms with E-state index < -0.39 is 11.4 Å². The van der Waals surface area contributed by atoms with Crippen LogP contribution in [0.25, 0.3) is 0 Å². The van der Waals surface area contributed by atoms with Crippen LogP contribution in [-0.4, -0.2) is 24.1 Å². The zero-order valence-electron chi connectivity index (χ0n) is 16.0. The molecule has 0 spiro atoms. The van der Waals surface area contributed by atoms with Crippen molar-refractivity contribution < 1.29 is 9.35 Å². The van der Waals surface area contributed by atoms with Gasteiger partial charge in [0.2, 0.25) is 5.91 Å². The molecule has 0 saturated carbocycles. The summed E-state index contributed by atoms with van der Waals surface area (Å²) in [5, 5.41) is 4.22. The van der Waals surface area contributed by atoms with E-state index in [1.165, 1.54) is 0 Å². The number of hydrogen-bond donors (Lipinski definition) is 2. The average molecular weight is 420 g/mol. The lowest BCUT2D eigenvalue weighted by Crippen LogP contribution is -2.26. The fourth-order valence-electron chi connectivity index (χ4n) is 3.56. The number of primary amides is 1. The van der Waals surface area contributed by atoms with Gasteiger partial charge in [0.05, 0.1) is 18.8 Å². The van der Waals surface area contributed by atoms with Gasteiger partial charge in [-0.1, -0.05) is 48.7 Å². The van der Waals surface area contributed by atoms with E-state index in [9.17, 15) is 9.35 Å². The molecule has 0 bridgehead atoms. The number of unbranched alkanes of at least 4 members (excludes halogenated alkanes) is 3. The summed E-state index contributed by atoms with van der Waals surface area (Å²) in [6, 6.07) is 13.6. The second-order valence-electron chi connectivity index (χ2n) is 7.01. The largest absolute Gasteiger partial charge is 0.588 e. The number of para-hydroxylation sites is 1. The molecule has 5 nitrogen and oxygen atoms in total. The Hall–Kier alpha value is -1.73. The molecular weight excluding hydrogens is 394 g/mol. The highest BCUT2D eigenvalue weighted by Crippen LogP contribution is 2.40. The smallest absolute Gasteiger partial charge is 0.217 e. The van der Waals surface area contributed by atoms with Crippen LogP contribution in [0.5, 0.6) is 0 Å². The second kappa shape index (κ2) is 9.65. The fraction of sp³-hybridized carbons (Fsp3) is 0.381. The first-order valence-electron chi connectivity index (χ1n) is 9.54. The Morgan fingerprint density at radius 3 is 2.71 bits per heavy atom. The Balaban J connectivity index is 1.77. The van der Waals surface area contributed by atoms with Crippen LogP contribution in [0.15, 0.2) is 47.4 Å². The zero-order chi connectivity index (χ0) is 20.1. The summed E-state index contributed by atoms with van der Waals surface area (Å²) in [7, 11) is 1.85. The minimum atomic E-state index is -1.32. The predicted molar refractivity (Wildman–Crippen MR) is 115 cm³/mol. The van der Waals surface area contributed by atoms with E-state index in [2.05, 4.69) is 11.4 Å². The van der Waals surface area contributed by atoms with Crippen LogP contribution >= 0.6 is 11.6 Å². The molecule has 1 aliphatic rings. The molecule has 0 fully saturated rings. The molecule has 1 heterocycles. The topological polar surface area (TPSA) is 81.4 Å². The number of anilines is 1. The summed E-state index contributed by atoms with van der Waals surface area (Å²) in [5.74, 6) is -0.236. The first kappa shape index (κ1) is 21.0. The minimum Gasteiger partial charge on any atom is -0.588 e. The number of amides is 1. The Morgan fingerprint density at radius 1 is 1.18 bits per heavy atom. The Bertz CT molecular complexity index is 833. The van der Waals surface area contributed by atoms with Gasteiger partial charge >= 0.3 is 0 Å². The maximum Gasteiger partial charge on any atom is 0.217 e. The van der Waals surface area contributed by atoms with Gasteiger partial charge in [-0.15, -0.1) is 0 Å². The average Bonchev–Trinajstić information content (AvgIpc) is 2.76. The van der Waals surface area contributed by atoms with Crippen molar-refractivity contribution in [2.24, 2.45) is 5.73 Å². The third kappa shape index (κ3) is 4.81. The van der Waals surface area contributed by atoms with E-state index in [1.54, 1.807) is 10.4 Å². The van der Waals surface area contributed by atoms with E-state index in [0.717, 1.165) is 53.9 Å². The first-order chi connectivity index (χ1) is 13.5. The van der Waals surface area contributed by atoms with Gasteiger partial charge in [-0.3, -0.25) is 4.79 Å². The van der Waals surface area contributed by atoms with Crippen LogP contribution in [0.2, 0.25) is 5.02 Å². The number of nitrogens with one attached hydrogen (secondary N) is 1. The van der Waals surface area contributed by atoms with E-state index in [1.807, 2.05) is 37.4 Å². The molecule has 0 radical (unpaired) electrons. The highest BCUT2D eigenvalue weighted by atomic mass is 35.5. The van der Waals surface area contributed by atoms with Crippen molar-refractivity contribution in [3.8, 4) is 0 Å². The monoisotopic (exact) mass is 419 g/mol. The van der Waals surface area contributed by atoms with Crippen LogP contribution in [0, 0.1) is 0 Å². The fourth-order valence-corrected chi connectivity index (χ4v) is 5.06. The maximum atomic E-state index is 13.1. The molecule has 0 saturated heterocycles. The molecule has 3 N–H and O–H groups in total. The van der Waals surface area contributed by atoms with Gasteiger partial charge in [0.1, 0.15) is 11.4 Å². The van der Waals surface area contributed by atoms with Gasteiger partial charge in [0, 0.05) is 28.6 Å². The summed E-state index contributed by atoms with van der Waals surface area (Å²) in [6.07, 6.45) is 4.32. The molecule has 0 aliphatic carbocycles. The van der Waals surface area contributed by atoms with Crippen molar-refractivity contribution in [1.29, 1.82) is 0 Å². The van der Waals surface area contributed by atoms with Crippen LogP contribution in [-0.2, 0) is 16.2 Å². The van der Waals surface area contributed by atoms with Crippen molar-refractivity contribution in [2.45, 2.75) is 43.0 Å². The van der Waals surface area contributed by atoms with Gasteiger partial charge in [0.25, 0.3) is 0 Å². The van der Waals surface area contributed by atoms with E-state index in [0.29, 0.717) is 11.4 Å². The summed E-state index contributed by atoms with van der Waals surface area (Å²) < 4.78 is 14.9. The number of hydrogen-bond acceptors (Lipinski definition) is 4. The van der Waals surface area contributed by atoms with Crippen molar-refractivity contribution in [3.05, 3.63) is 58.6 Å². The highest BCUT2D eigenvalue weighted by molar-refractivity contribution is 7.92. The molecule has 150 valence electrons. The molecule has 7 heteroatoms. The molecule has 1 amide bonds. The molecule has 1 aliphatic heterocycles. The van der Waals surface area contributed by atoms with Crippen LogP contribution in [0.1, 0.15) is 49.3 Å². The summed E-state index contributed by atoms with van der Waals surface area (Å²) >= 11 is 4.87. The quantitative estimate of drug-likeness (QED) is 0.501. The number of nitrogens with two attached hydrogens (primary N) is 1. The van der Waals surface area contributed by atoms with Crippen molar-refractivity contribution in [2.75, 3.05) is 17.9 Å². The molecule has 28 heavy (non-hydrogen) atoms. The molecular formula is C21H26ClN3O2S. The number of halogens is 1. The Morgan fingerprint density at radius 2 is 1.93 bits per heavy atom. The lowest BCUT2D eigenvalue weighted by atomic mass is 9.96. The number of nitrogens with zero attached hydrogens (tertiary/aromatic N) is 1. The summed E-state index contributed by atoms with van der Waals surface area (Å²) in [6.45, 7) is 0.827. The van der Waals surface area contributed by atoms with E-state index in [4.69, 9.17) is 17.3 Å². The molecule has 2 unspecified atom stereocenters. The van der Waals surface area contributed by atoms with Gasteiger partial charge in [-0.2, -0.15) is 4.31 Å². The van der Waals surface area contributed by atoms with Gasteiger partial charge in [-0.25, -0.2) is 0 Å². The van der Waals surface area contributed by atoms with Gasteiger partial charge < -0.3 is 15.6 Å². The number of fused-ring (bicyclic) bond motifs is 2. The number of rotatable bonds is 8. The Labute approximate surface area is 174 Å². The van der Waals surface area contributed by atoms with Gasteiger partial charge in [0.15, 0.2) is 4.90 Å².